The molecule has 0 saturated heterocycles. The first-order valence-electron chi connectivity index (χ1n) is 5.29. The minimum absolute atomic E-state index is 0.345. The maximum Gasteiger partial charge on any atom is 0.0663 e. The van der Waals surface area contributed by atoms with Crippen LogP contribution in [0.4, 0.5) is 11.4 Å². The van der Waals surface area contributed by atoms with Gasteiger partial charge < -0.3 is 15.8 Å². The van der Waals surface area contributed by atoms with Crippen LogP contribution in [0.3, 0.4) is 0 Å². The molecule has 0 spiro atoms. The van der Waals surface area contributed by atoms with Gasteiger partial charge in [-0.05, 0) is 31.0 Å². The molecule has 0 amide bonds. The van der Waals surface area contributed by atoms with Gasteiger partial charge in [-0.25, -0.2) is 0 Å². The highest BCUT2D eigenvalue weighted by atomic mass is 16.5. The van der Waals surface area contributed by atoms with Crippen molar-refractivity contribution < 1.29 is 4.74 Å². The van der Waals surface area contributed by atoms with Crippen LogP contribution in [0.2, 0.25) is 0 Å². The molecule has 1 aromatic rings. The van der Waals surface area contributed by atoms with Crippen LogP contribution in [-0.4, -0.2) is 19.8 Å². The highest BCUT2D eigenvalue weighted by Crippen LogP contribution is 2.18. The van der Waals surface area contributed by atoms with Gasteiger partial charge in [-0.1, -0.05) is 13.0 Å². The molecule has 3 nitrogen and oxygen atoms in total. The number of hydrogen-bond acceptors (Lipinski definition) is 3. The summed E-state index contributed by atoms with van der Waals surface area (Å²) < 4.78 is 5.13. The molecule has 0 aliphatic rings. The fraction of sp³-hybridized carbons (Fsp3) is 0.500. The van der Waals surface area contributed by atoms with Gasteiger partial charge in [-0.3, -0.25) is 0 Å². The van der Waals surface area contributed by atoms with Crippen molar-refractivity contribution in [2.24, 2.45) is 0 Å². The van der Waals surface area contributed by atoms with Gasteiger partial charge in [0.25, 0.3) is 0 Å². The fourth-order valence-electron chi connectivity index (χ4n) is 1.43. The summed E-state index contributed by atoms with van der Waals surface area (Å²) in [6, 6.07) is 6.38. The quantitative estimate of drug-likeness (QED) is 0.730. The summed E-state index contributed by atoms with van der Waals surface area (Å²) in [5.41, 5.74) is 8.84. The number of aryl methyl sites for hydroxylation is 1. The molecule has 15 heavy (non-hydrogen) atoms. The van der Waals surface area contributed by atoms with Crippen LogP contribution in [0.15, 0.2) is 18.2 Å². The lowest BCUT2D eigenvalue weighted by atomic mass is 10.1. The largest absolute Gasteiger partial charge is 0.398 e. The number of anilines is 2. The number of ether oxygens (including phenoxy) is 1. The van der Waals surface area contributed by atoms with E-state index in [4.69, 9.17) is 10.5 Å². The Morgan fingerprint density at radius 1 is 1.47 bits per heavy atom. The van der Waals surface area contributed by atoms with Crippen molar-refractivity contribution in [1.82, 2.24) is 0 Å². The van der Waals surface area contributed by atoms with Crippen LogP contribution >= 0.6 is 0 Å². The molecule has 3 heteroatoms. The number of methoxy groups -OCH3 is 1. The molecular formula is C12H20N2O. The average Bonchev–Trinajstić information content (AvgIpc) is 2.23. The third-order valence-corrected chi connectivity index (χ3v) is 2.51. The third kappa shape index (κ3) is 3.44. The van der Waals surface area contributed by atoms with Crippen molar-refractivity contribution in [2.75, 3.05) is 24.8 Å². The zero-order chi connectivity index (χ0) is 11.3. The summed E-state index contributed by atoms with van der Waals surface area (Å²) in [6.45, 7) is 4.85. The summed E-state index contributed by atoms with van der Waals surface area (Å²) in [4.78, 5) is 0. The van der Waals surface area contributed by atoms with E-state index in [0.717, 1.165) is 23.4 Å². The Kier molecular flexibility index (Phi) is 4.43. The summed E-state index contributed by atoms with van der Waals surface area (Å²) in [6.07, 6.45) is 1.03. The van der Waals surface area contributed by atoms with Gasteiger partial charge in [0, 0.05) is 24.5 Å². The molecule has 0 bridgehead atoms. The Labute approximate surface area is 91.6 Å². The first kappa shape index (κ1) is 11.9. The minimum Gasteiger partial charge on any atom is -0.398 e. The predicted molar refractivity (Wildman–Crippen MR) is 65.2 cm³/mol. The molecule has 3 N–H and O–H groups in total. The molecule has 0 aromatic heterocycles. The van der Waals surface area contributed by atoms with Crippen molar-refractivity contribution in [2.45, 2.75) is 26.3 Å². The first-order valence-corrected chi connectivity index (χ1v) is 5.29. The Hall–Kier alpha value is -1.22. The lowest BCUT2D eigenvalue weighted by Crippen LogP contribution is -2.23. The van der Waals surface area contributed by atoms with E-state index in [1.165, 1.54) is 0 Å². The number of nitrogen functional groups attached to an aromatic ring is 1. The van der Waals surface area contributed by atoms with Gasteiger partial charge >= 0.3 is 0 Å². The molecule has 0 aliphatic heterocycles. The van der Waals surface area contributed by atoms with Gasteiger partial charge in [0.1, 0.15) is 0 Å². The first-order chi connectivity index (χ1) is 7.17. The van der Waals surface area contributed by atoms with E-state index >= 15 is 0 Å². The van der Waals surface area contributed by atoms with Crippen LogP contribution in [0, 0.1) is 6.92 Å². The Morgan fingerprint density at radius 3 is 2.73 bits per heavy atom. The van der Waals surface area contributed by atoms with Gasteiger partial charge in [0.15, 0.2) is 0 Å². The second-order valence-electron chi connectivity index (χ2n) is 3.78. The second kappa shape index (κ2) is 5.61. The zero-order valence-electron chi connectivity index (χ0n) is 9.71. The number of rotatable bonds is 5. The fourth-order valence-corrected chi connectivity index (χ4v) is 1.43. The third-order valence-electron chi connectivity index (χ3n) is 2.51. The van der Waals surface area contributed by atoms with Crippen LogP contribution in [0.25, 0.3) is 0 Å². The summed E-state index contributed by atoms with van der Waals surface area (Å²) in [5, 5.41) is 3.39. The van der Waals surface area contributed by atoms with Gasteiger partial charge in [-0.2, -0.15) is 0 Å². The van der Waals surface area contributed by atoms with E-state index < -0.39 is 0 Å². The topological polar surface area (TPSA) is 47.3 Å². The maximum absolute atomic E-state index is 5.84. The highest BCUT2D eigenvalue weighted by Gasteiger charge is 2.05. The van der Waals surface area contributed by atoms with E-state index in [-0.39, 0.29) is 0 Å². The molecule has 1 atom stereocenters. The molecule has 1 rings (SSSR count). The number of nitrogens with two attached hydrogens (primary N) is 1. The van der Waals surface area contributed by atoms with Crippen molar-refractivity contribution >= 4 is 11.4 Å². The van der Waals surface area contributed by atoms with Gasteiger partial charge in [0.05, 0.1) is 6.61 Å². The van der Waals surface area contributed by atoms with Crippen molar-refractivity contribution in [3.8, 4) is 0 Å². The SMILES string of the molecule is CCC(COC)Nc1ccc(C)c(N)c1. The van der Waals surface area contributed by atoms with Crippen molar-refractivity contribution in [1.29, 1.82) is 0 Å². The highest BCUT2D eigenvalue weighted by molar-refractivity contribution is 5.58. The van der Waals surface area contributed by atoms with Crippen LogP contribution < -0.4 is 11.1 Å². The van der Waals surface area contributed by atoms with Crippen LogP contribution in [0.1, 0.15) is 18.9 Å². The molecule has 1 unspecified atom stereocenters. The lowest BCUT2D eigenvalue weighted by molar-refractivity contribution is 0.184. The predicted octanol–water partition coefficient (Wildman–Crippen LogP) is 2.41. The van der Waals surface area contributed by atoms with E-state index in [2.05, 4.69) is 12.2 Å². The number of benzene rings is 1. The second-order valence-corrected chi connectivity index (χ2v) is 3.78. The normalized spacial score (nSPS) is 12.5. The van der Waals surface area contributed by atoms with E-state index in [1.54, 1.807) is 7.11 Å². The van der Waals surface area contributed by atoms with Crippen molar-refractivity contribution in [3.05, 3.63) is 23.8 Å². The monoisotopic (exact) mass is 208 g/mol. The van der Waals surface area contributed by atoms with E-state index in [1.807, 2.05) is 25.1 Å². The van der Waals surface area contributed by atoms with Crippen LogP contribution in [-0.2, 0) is 4.74 Å². The van der Waals surface area contributed by atoms with Crippen molar-refractivity contribution in [3.63, 3.8) is 0 Å². The molecule has 0 aliphatic carbocycles. The Morgan fingerprint density at radius 2 is 2.20 bits per heavy atom. The average molecular weight is 208 g/mol. The Balaban J connectivity index is 2.66. The molecule has 84 valence electrons. The van der Waals surface area contributed by atoms with E-state index in [0.29, 0.717) is 12.6 Å². The minimum atomic E-state index is 0.345. The zero-order valence-corrected chi connectivity index (χ0v) is 9.71. The summed E-state index contributed by atoms with van der Waals surface area (Å²) in [7, 11) is 1.72. The smallest absolute Gasteiger partial charge is 0.0663 e. The Bertz CT molecular complexity index is 312. The molecule has 0 radical (unpaired) electrons. The molecule has 1 aromatic carbocycles. The summed E-state index contributed by atoms with van der Waals surface area (Å²) in [5.74, 6) is 0. The lowest BCUT2D eigenvalue weighted by Gasteiger charge is -2.17. The maximum atomic E-state index is 5.84. The molecule has 0 saturated carbocycles. The number of hydrogen-bond donors (Lipinski definition) is 2. The molecule has 0 fully saturated rings. The van der Waals surface area contributed by atoms with Gasteiger partial charge in [0.2, 0.25) is 0 Å². The summed E-state index contributed by atoms with van der Waals surface area (Å²) >= 11 is 0. The van der Waals surface area contributed by atoms with E-state index in [9.17, 15) is 0 Å². The van der Waals surface area contributed by atoms with Crippen LogP contribution in [0.5, 0.6) is 0 Å². The number of nitrogens with one attached hydrogen (secondary N) is 1. The standard InChI is InChI=1S/C12H20N2O/c1-4-10(8-15-3)14-11-6-5-9(2)12(13)7-11/h5-7,10,14H,4,8,13H2,1-3H3. The molecule has 0 heterocycles. The molecular weight excluding hydrogens is 188 g/mol. The van der Waals surface area contributed by atoms with Gasteiger partial charge in [-0.15, -0.1) is 0 Å².